The fraction of sp³-hybridized carbons (Fsp3) is 0.667. The molecule has 1 fully saturated rings. The van der Waals surface area contributed by atoms with E-state index in [-0.39, 0.29) is 5.92 Å². The lowest BCUT2D eigenvalue weighted by molar-refractivity contribution is -0.112. The second-order valence-electron chi connectivity index (χ2n) is 4.48. The normalized spacial score (nSPS) is 22.2. The second-order valence-corrected chi connectivity index (χ2v) is 4.48. The third-order valence-corrected chi connectivity index (χ3v) is 3.15. The lowest BCUT2D eigenvalue weighted by Gasteiger charge is -2.29. The van der Waals surface area contributed by atoms with E-state index in [4.69, 9.17) is 0 Å². The van der Waals surface area contributed by atoms with Gasteiger partial charge in [0.2, 0.25) is 0 Å². The molecule has 1 aliphatic rings. The Kier molecular flexibility index (Phi) is 3.72. The highest BCUT2D eigenvalue weighted by Crippen LogP contribution is 2.16. The number of aromatic nitrogens is 2. The van der Waals surface area contributed by atoms with Crippen molar-refractivity contribution in [1.82, 2.24) is 14.7 Å². The van der Waals surface area contributed by atoms with Crippen molar-refractivity contribution >= 4 is 6.29 Å². The Labute approximate surface area is 96.2 Å². The monoisotopic (exact) mass is 221 g/mol. The molecule has 1 aliphatic heterocycles. The highest BCUT2D eigenvalue weighted by atomic mass is 16.1. The highest BCUT2D eigenvalue weighted by Gasteiger charge is 2.19. The lowest BCUT2D eigenvalue weighted by Crippen LogP contribution is -2.35. The van der Waals surface area contributed by atoms with Crippen LogP contribution in [0.15, 0.2) is 12.4 Å². The predicted molar refractivity (Wildman–Crippen MR) is 62.0 cm³/mol. The van der Waals surface area contributed by atoms with Gasteiger partial charge >= 0.3 is 0 Å². The number of aryl methyl sites for hydroxylation is 1. The lowest BCUT2D eigenvalue weighted by atomic mass is 9.99. The molecule has 0 saturated carbocycles. The molecule has 2 heterocycles. The van der Waals surface area contributed by atoms with E-state index in [0.29, 0.717) is 0 Å². The summed E-state index contributed by atoms with van der Waals surface area (Å²) in [4.78, 5) is 13.1. The fourth-order valence-corrected chi connectivity index (χ4v) is 2.27. The molecule has 0 aliphatic carbocycles. The van der Waals surface area contributed by atoms with Crippen molar-refractivity contribution in [3.8, 4) is 0 Å². The number of nitrogens with zero attached hydrogens (tertiary/aromatic N) is 3. The van der Waals surface area contributed by atoms with Crippen LogP contribution in [0.1, 0.15) is 25.3 Å². The van der Waals surface area contributed by atoms with Crippen LogP contribution >= 0.6 is 0 Å². The van der Waals surface area contributed by atoms with E-state index in [2.05, 4.69) is 23.1 Å². The number of rotatable bonds is 4. The van der Waals surface area contributed by atoms with Crippen molar-refractivity contribution in [2.75, 3.05) is 13.1 Å². The molecule has 88 valence electrons. The van der Waals surface area contributed by atoms with Gasteiger partial charge in [0.15, 0.2) is 0 Å². The maximum atomic E-state index is 10.8. The molecule has 0 N–H and O–H groups in total. The molecule has 0 amide bonds. The molecule has 1 aromatic heterocycles. The van der Waals surface area contributed by atoms with E-state index in [1.165, 1.54) is 5.56 Å². The van der Waals surface area contributed by atoms with Crippen LogP contribution in [0, 0.1) is 5.92 Å². The number of piperidine rings is 1. The quantitative estimate of drug-likeness (QED) is 0.720. The first-order chi connectivity index (χ1) is 7.81. The molecule has 4 nitrogen and oxygen atoms in total. The number of hydrogen-bond acceptors (Lipinski definition) is 3. The molecule has 1 saturated heterocycles. The largest absolute Gasteiger partial charge is 0.303 e. The Morgan fingerprint density at radius 3 is 3.19 bits per heavy atom. The molecule has 4 heteroatoms. The Morgan fingerprint density at radius 1 is 1.62 bits per heavy atom. The third-order valence-electron chi connectivity index (χ3n) is 3.15. The van der Waals surface area contributed by atoms with Crippen molar-refractivity contribution in [2.24, 2.45) is 5.92 Å². The summed E-state index contributed by atoms with van der Waals surface area (Å²) in [5.74, 6) is 0.231. The summed E-state index contributed by atoms with van der Waals surface area (Å²) < 4.78 is 1.94. The van der Waals surface area contributed by atoms with Crippen molar-refractivity contribution in [3.05, 3.63) is 18.0 Å². The maximum absolute atomic E-state index is 10.8. The third kappa shape index (κ3) is 2.70. The van der Waals surface area contributed by atoms with Crippen LogP contribution < -0.4 is 0 Å². The number of likely N-dealkylation sites (tertiary alicyclic amines) is 1. The first-order valence-electron chi connectivity index (χ1n) is 6.00. The van der Waals surface area contributed by atoms with Crippen LogP contribution in [0.4, 0.5) is 0 Å². The second kappa shape index (κ2) is 5.25. The van der Waals surface area contributed by atoms with Crippen LogP contribution in [0.3, 0.4) is 0 Å². The Morgan fingerprint density at radius 2 is 2.50 bits per heavy atom. The summed E-state index contributed by atoms with van der Waals surface area (Å²) in [5.41, 5.74) is 1.24. The van der Waals surface area contributed by atoms with Gasteiger partial charge in [-0.3, -0.25) is 9.58 Å². The van der Waals surface area contributed by atoms with Crippen LogP contribution in [-0.4, -0.2) is 34.1 Å². The summed E-state index contributed by atoms with van der Waals surface area (Å²) in [6.07, 6.45) is 7.29. The molecular formula is C12H19N3O. The Balaban J connectivity index is 1.91. The van der Waals surface area contributed by atoms with E-state index < -0.39 is 0 Å². The van der Waals surface area contributed by atoms with E-state index >= 15 is 0 Å². The minimum Gasteiger partial charge on any atom is -0.303 e. The predicted octanol–water partition coefficient (Wildman–Crippen LogP) is 1.31. The van der Waals surface area contributed by atoms with E-state index in [1.807, 2.05) is 10.9 Å². The van der Waals surface area contributed by atoms with Gasteiger partial charge < -0.3 is 4.79 Å². The van der Waals surface area contributed by atoms with Gasteiger partial charge in [-0.15, -0.1) is 0 Å². The van der Waals surface area contributed by atoms with Gasteiger partial charge in [0.1, 0.15) is 6.29 Å². The summed E-state index contributed by atoms with van der Waals surface area (Å²) in [6.45, 7) is 5.92. The topological polar surface area (TPSA) is 38.1 Å². The number of aldehydes is 1. The molecule has 0 radical (unpaired) electrons. The zero-order valence-corrected chi connectivity index (χ0v) is 9.80. The molecule has 0 spiro atoms. The maximum Gasteiger partial charge on any atom is 0.124 e. The van der Waals surface area contributed by atoms with Crippen molar-refractivity contribution in [1.29, 1.82) is 0 Å². The molecule has 16 heavy (non-hydrogen) atoms. The fourth-order valence-electron chi connectivity index (χ4n) is 2.27. The van der Waals surface area contributed by atoms with Gasteiger partial charge in [-0.2, -0.15) is 5.10 Å². The average Bonchev–Trinajstić information content (AvgIpc) is 2.77. The molecule has 1 unspecified atom stereocenters. The van der Waals surface area contributed by atoms with E-state index in [1.54, 1.807) is 0 Å². The highest BCUT2D eigenvalue weighted by molar-refractivity contribution is 5.53. The first-order valence-corrected chi connectivity index (χ1v) is 6.00. The van der Waals surface area contributed by atoms with E-state index in [0.717, 1.165) is 45.3 Å². The van der Waals surface area contributed by atoms with Crippen molar-refractivity contribution in [3.63, 3.8) is 0 Å². The van der Waals surface area contributed by atoms with Crippen LogP contribution in [0.5, 0.6) is 0 Å². The summed E-state index contributed by atoms with van der Waals surface area (Å²) in [6, 6.07) is 0. The smallest absolute Gasteiger partial charge is 0.124 e. The minimum absolute atomic E-state index is 0.231. The summed E-state index contributed by atoms with van der Waals surface area (Å²) in [7, 11) is 0. The van der Waals surface area contributed by atoms with Crippen molar-refractivity contribution in [2.45, 2.75) is 32.9 Å². The summed E-state index contributed by atoms with van der Waals surface area (Å²) >= 11 is 0. The number of carbonyl (C=O) groups excluding carboxylic acids is 1. The molecule has 0 bridgehead atoms. The standard InChI is InChI=1S/C12H19N3O/c1-2-15-9-12(6-13-15)8-14-5-3-4-11(7-14)10-16/h6,9-11H,2-5,7-8H2,1H3. The number of carbonyl (C=O) groups is 1. The van der Waals surface area contributed by atoms with Gasteiger partial charge in [0, 0.05) is 37.3 Å². The zero-order chi connectivity index (χ0) is 11.4. The van der Waals surface area contributed by atoms with Gasteiger partial charge in [-0.05, 0) is 26.3 Å². The van der Waals surface area contributed by atoms with Gasteiger partial charge in [0.05, 0.1) is 6.20 Å². The molecule has 1 aromatic rings. The van der Waals surface area contributed by atoms with Crippen molar-refractivity contribution < 1.29 is 4.79 Å². The van der Waals surface area contributed by atoms with Gasteiger partial charge in [-0.25, -0.2) is 0 Å². The number of hydrogen-bond donors (Lipinski definition) is 0. The summed E-state index contributed by atoms with van der Waals surface area (Å²) in [5, 5.41) is 4.26. The zero-order valence-electron chi connectivity index (χ0n) is 9.80. The minimum atomic E-state index is 0.231. The van der Waals surface area contributed by atoms with Gasteiger partial charge in [-0.1, -0.05) is 0 Å². The Bertz CT molecular complexity index is 348. The van der Waals surface area contributed by atoms with Gasteiger partial charge in [0.25, 0.3) is 0 Å². The molecule has 0 aromatic carbocycles. The van der Waals surface area contributed by atoms with E-state index in [9.17, 15) is 4.79 Å². The first kappa shape index (κ1) is 11.3. The van der Waals surface area contributed by atoms with Crippen LogP contribution in [-0.2, 0) is 17.9 Å². The molecule has 1 atom stereocenters. The van der Waals surface area contributed by atoms with Crippen LogP contribution in [0.25, 0.3) is 0 Å². The molecular weight excluding hydrogens is 202 g/mol. The molecule has 2 rings (SSSR count). The van der Waals surface area contributed by atoms with Crippen LogP contribution in [0.2, 0.25) is 0 Å². The average molecular weight is 221 g/mol. The SMILES string of the molecule is CCn1cc(CN2CCCC(C=O)C2)cn1. The Hall–Kier alpha value is -1.16.